The number of nitrogens with two attached hydrogens (primary N) is 1. The van der Waals surface area contributed by atoms with Crippen LogP contribution in [0.4, 0.5) is 4.79 Å². The Morgan fingerprint density at radius 3 is 2.21 bits per heavy atom. The first-order valence-electron chi connectivity index (χ1n) is 4.40. The van der Waals surface area contributed by atoms with E-state index in [0.29, 0.717) is 0 Å². The van der Waals surface area contributed by atoms with Crippen molar-refractivity contribution in [3.63, 3.8) is 0 Å². The molecular weight excluding hydrogens is 200 g/mol. The summed E-state index contributed by atoms with van der Waals surface area (Å²) in [6.45, 7) is 7.19. The van der Waals surface area contributed by atoms with Gasteiger partial charge >= 0.3 is 6.09 Å². The van der Waals surface area contributed by atoms with Crippen LogP contribution in [0, 0.1) is 0 Å². The summed E-state index contributed by atoms with van der Waals surface area (Å²) in [5.74, 6) is 0. The molecule has 1 amide bonds. The fourth-order valence-corrected chi connectivity index (χ4v) is 0.841. The highest BCUT2D eigenvalue weighted by atomic mass is 32.1. The number of amides is 1. The minimum absolute atomic E-state index is 0.276. The van der Waals surface area contributed by atoms with Crippen molar-refractivity contribution in [3.8, 4) is 0 Å². The molecule has 0 spiro atoms. The molecule has 0 radical (unpaired) electrons. The molecule has 0 aliphatic rings. The molecule has 0 aromatic rings. The quantitative estimate of drug-likeness (QED) is 0.714. The first-order chi connectivity index (χ1) is 6.15. The number of hydrogen-bond donors (Lipinski definition) is 1. The van der Waals surface area contributed by atoms with E-state index < -0.39 is 11.7 Å². The van der Waals surface area contributed by atoms with E-state index in [2.05, 4.69) is 0 Å². The number of nitrogens with zero attached hydrogens (tertiary/aromatic N) is 1. The molecule has 0 bridgehead atoms. The summed E-state index contributed by atoms with van der Waals surface area (Å²) < 4.78 is 5.14. The highest BCUT2D eigenvalue weighted by molar-refractivity contribution is 7.80. The second-order valence-electron chi connectivity index (χ2n) is 4.17. The summed E-state index contributed by atoms with van der Waals surface area (Å²) >= 11 is 4.78. The average Bonchev–Trinajstić information content (AvgIpc) is 1.98. The first kappa shape index (κ1) is 13.2. The summed E-state index contributed by atoms with van der Waals surface area (Å²) in [5, 5.41) is 0. The lowest BCUT2D eigenvalue weighted by atomic mass is 10.2. The van der Waals surface area contributed by atoms with Gasteiger partial charge in [0.25, 0.3) is 0 Å². The maximum atomic E-state index is 11.5. The van der Waals surface area contributed by atoms with Crippen molar-refractivity contribution >= 4 is 23.3 Å². The minimum atomic E-state index is -0.499. The zero-order valence-electron chi connectivity index (χ0n) is 9.33. The Morgan fingerprint density at radius 1 is 1.50 bits per heavy atom. The van der Waals surface area contributed by atoms with Crippen molar-refractivity contribution in [2.45, 2.75) is 39.3 Å². The Bertz CT molecular complexity index is 235. The molecule has 0 aliphatic carbocycles. The first-order valence-corrected chi connectivity index (χ1v) is 4.81. The highest BCUT2D eigenvalue weighted by Crippen LogP contribution is 2.10. The van der Waals surface area contributed by atoms with Gasteiger partial charge < -0.3 is 15.4 Å². The number of ether oxygens (including phenoxy) is 1. The monoisotopic (exact) mass is 218 g/mol. The molecule has 14 heavy (non-hydrogen) atoms. The fourth-order valence-electron chi connectivity index (χ4n) is 0.683. The molecule has 4 nitrogen and oxygen atoms in total. The molecule has 2 N–H and O–H groups in total. The van der Waals surface area contributed by atoms with Crippen molar-refractivity contribution in [1.29, 1.82) is 0 Å². The number of carbonyl (C=O) groups is 1. The van der Waals surface area contributed by atoms with E-state index in [1.807, 2.05) is 20.8 Å². The predicted molar refractivity (Wildman–Crippen MR) is 60.2 cm³/mol. The van der Waals surface area contributed by atoms with Gasteiger partial charge in [-0.2, -0.15) is 0 Å². The van der Waals surface area contributed by atoms with Crippen LogP contribution >= 0.6 is 12.2 Å². The van der Waals surface area contributed by atoms with E-state index in [-0.39, 0.29) is 11.0 Å². The summed E-state index contributed by atoms with van der Waals surface area (Å²) in [6, 6.07) is -0.292. The van der Waals surface area contributed by atoms with Crippen LogP contribution in [0.1, 0.15) is 27.7 Å². The molecule has 1 atom stereocenters. The predicted octanol–water partition coefficient (Wildman–Crippen LogP) is 1.53. The lowest BCUT2D eigenvalue weighted by Gasteiger charge is -2.28. The molecular formula is C9H18N2O2S. The number of thiocarbonyl (C=S) groups is 1. The third kappa shape index (κ3) is 4.41. The van der Waals surface area contributed by atoms with E-state index in [4.69, 9.17) is 22.7 Å². The van der Waals surface area contributed by atoms with Gasteiger partial charge in [-0.15, -0.1) is 0 Å². The molecule has 0 heterocycles. The van der Waals surface area contributed by atoms with E-state index >= 15 is 0 Å². The lowest BCUT2D eigenvalue weighted by molar-refractivity contribution is 0.0278. The van der Waals surface area contributed by atoms with E-state index in [9.17, 15) is 4.79 Å². The fraction of sp³-hybridized carbons (Fsp3) is 0.778. The van der Waals surface area contributed by atoms with Gasteiger partial charge in [0, 0.05) is 7.05 Å². The molecule has 82 valence electrons. The van der Waals surface area contributed by atoms with Crippen LogP contribution in [0.25, 0.3) is 0 Å². The summed E-state index contributed by atoms with van der Waals surface area (Å²) in [4.78, 5) is 13.2. The standard InChI is InChI=1S/C9H18N2O2S/c1-6(7(10)14)11(5)8(12)13-9(2,3)4/h6H,1-5H3,(H2,10,14). The van der Waals surface area contributed by atoms with Gasteiger partial charge in [-0.25, -0.2) is 4.79 Å². The Labute approximate surface area is 90.4 Å². The smallest absolute Gasteiger partial charge is 0.410 e. The SMILES string of the molecule is CC(C(N)=S)N(C)C(=O)OC(C)(C)C. The average molecular weight is 218 g/mol. The number of likely N-dealkylation sites (N-methyl/N-ethyl adjacent to an activating group) is 1. The molecule has 5 heteroatoms. The molecule has 1 unspecified atom stereocenters. The third-order valence-electron chi connectivity index (χ3n) is 1.67. The van der Waals surface area contributed by atoms with Crippen molar-refractivity contribution in [2.75, 3.05) is 7.05 Å². The van der Waals surface area contributed by atoms with Gasteiger partial charge in [0.2, 0.25) is 0 Å². The second kappa shape index (κ2) is 4.59. The molecule has 0 aromatic heterocycles. The van der Waals surface area contributed by atoms with Crippen LogP contribution in [0.15, 0.2) is 0 Å². The van der Waals surface area contributed by atoms with E-state index in [0.717, 1.165) is 0 Å². The lowest BCUT2D eigenvalue weighted by Crippen LogP contribution is -2.45. The van der Waals surface area contributed by atoms with Crippen molar-refractivity contribution in [3.05, 3.63) is 0 Å². The largest absolute Gasteiger partial charge is 0.444 e. The van der Waals surface area contributed by atoms with Crippen molar-refractivity contribution in [1.82, 2.24) is 4.90 Å². The highest BCUT2D eigenvalue weighted by Gasteiger charge is 2.23. The Balaban J connectivity index is 4.33. The van der Waals surface area contributed by atoms with Gasteiger partial charge in [0.1, 0.15) is 5.60 Å². The van der Waals surface area contributed by atoms with Gasteiger partial charge in [-0.3, -0.25) is 0 Å². The topological polar surface area (TPSA) is 55.6 Å². The van der Waals surface area contributed by atoms with Crippen LogP contribution in [-0.2, 0) is 4.74 Å². The molecule has 0 fully saturated rings. The summed E-state index contributed by atoms with van der Waals surface area (Å²) in [5.41, 5.74) is 4.92. The third-order valence-corrected chi connectivity index (χ3v) is 2.02. The van der Waals surface area contributed by atoms with Gasteiger partial charge in [-0.05, 0) is 27.7 Å². The van der Waals surface area contributed by atoms with E-state index in [1.54, 1.807) is 14.0 Å². The van der Waals surface area contributed by atoms with Gasteiger partial charge in [0.05, 0.1) is 11.0 Å². The zero-order chi connectivity index (χ0) is 11.5. The van der Waals surface area contributed by atoms with Crippen LogP contribution < -0.4 is 5.73 Å². The molecule has 0 rings (SSSR count). The van der Waals surface area contributed by atoms with Crippen molar-refractivity contribution < 1.29 is 9.53 Å². The molecule has 0 aromatic carbocycles. The van der Waals surface area contributed by atoms with Crippen LogP contribution in [0.2, 0.25) is 0 Å². The zero-order valence-corrected chi connectivity index (χ0v) is 10.1. The number of hydrogen-bond acceptors (Lipinski definition) is 3. The minimum Gasteiger partial charge on any atom is -0.444 e. The van der Waals surface area contributed by atoms with Crippen LogP contribution in [0.5, 0.6) is 0 Å². The Morgan fingerprint density at radius 2 is 1.93 bits per heavy atom. The summed E-state index contributed by atoms with van der Waals surface area (Å²) in [7, 11) is 1.61. The Hall–Kier alpha value is -0.840. The van der Waals surface area contributed by atoms with Crippen molar-refractivity contribution in [2.24, 2.45) is 5.73 Å². The van der Waals surface area contributed by atoms with E-state index in [1.165, 1.54) is 4.90 Å². The molecule has 0 saturated heterocycles. The number of carbonyl (C=O) groups excluding carboxylic acids is 1. The second-order valence-corrected chi connectivity index (χ2v) is 4.64. The van der Waals surface area contributed by atoms with Crippen LogP contribution in [0.3, 0.4) is 0 Å². The Kier molecular flexibility index (Phi) is 4.32. The van der Waals surface area contributed by atoms with Crippen LogP contribution in [-0.4, -0.2) is 34.7 Å². The number of rotatable bonds is 2. The maximum Gasteiger partial charge on any atom is 0.410 e. The van der Waals surface area contributed by atoms with Gasteiger partial charge in [-0.1, -0.05) is 12.2 Å². The van der Waals surface area contributed by atoms with Gasteiger partial charge in [0.15, 0.2) is 0 Å². The normalized spacial score (nSPS) is 13.2. The maximum absolute atomic E-state index is 11.5. The molecule has 0 aliphatic heterocycles. The molecule has 0 saturated carbocycles. The summed E-state index contributed by atoms with van der Waals surface area (Å²) in [6.07, 6.45) is -0.419.